The molecule has 1 N–H and O–H groups in total. The first-order valence-corrected chi connectivity index (χ1v) is 10.7. The lowest BCUT2D eigenvalue weighted by atomic mass is 9.84. The number of carbonyl (C=O) groups excluding carboxylic acids is 3. The quantitative estimate of drug-likeness (QED) is 0.493. The molecule has 6 nitrogen and oxygen atoms in total. The summed E-state index contributed by atoms with van der Waals surface area (Å²) >= 11 is 0. The number of ketones is 1. The van der Waals surface area contributed by atoms with Crippen molar-refractivity contribution >= 4 is 17.7 Å². The molecule has 1 fully saturated rings. The Balaban J connectivity index is 1.92. The van der Waals surface area contributed by atoms with Crippen molar-refractivity contribution in [3.05, 3.63) is 58.7 Å². The zero-order valence-corrected chi connectivity index (χ0v) is 18.8. The number of amides is 3. The average molecular weight is 428 g/mol. The first-order chi connectivity index (χ1) is 14.6. The van der Waals surface area contributed by atoms with Gasteiger partial charge in [-0.15, -0.1) is 0 Å². The standard InChI is InChI=1S/C24H30FN3O3/c1-6-7-12-24(18-8-10-19(25)11-9-18)22(30)27(23(31)26-24)14-21(29)20-13-16(4)28(15(2)3)17(20)5/h8-11,13,15H,6-7,12,14H2,1-5H3,(H,26,31)/t24-/m1/s1. The smallest absolute Gasteiger partial charge is 0.325 e. The molecule has 1 atom stereocenters. The van der Waals surface area contributed by atoms with E-state index < -0.39 is 23.3 Å². The summed E-state index contributed by atoms with van der Waals surface area (Å²) in [6.07, 6.45) is 1.90. The molecule has 1 saturated heterocycles. The van der Waals surface area contributed by atoms with Gasteiger partial charge in [-0.05, 0) is 57.9 Å². The van der Waals surface area contributed by atoms with E-state index in [0.29, 0.717) is 24.0 Å². The second-order valence-corrected chi connectivity index (χ2v) is 8.51. The van der Waals surface area contributed by atoms with Crippen LogP contribution in [0.3, 0.4) is 0 Å². The fourth-order valence-corrected chi connectivity index (χ4v) is 4.54. The Morgan fingerprint density at radius 2 is 1.81 bits per heavy atom. The first-order valence-electron chi connectivity index (χ1n) is 10.7. The minimum atomic E-state index is -1.28. The van der Waals surface area contributed by atoms with Gasteiger partial charge in [0.15, 0.2) is 5.78 Å². The van der Waals surface area contributed by atoms with Gasteiger partial charge in [-0.3, -0.25) is 14.5 Å². The molecule has 166 valence electrons. The Bertz CT molecular complexity index is 1010. The molecule has 0 bridgehead atoms. The van der Waals surface area contributed by atoms with Gasteiger partial charge in [-0.25, -0.2) is 9.18 Å². The molecule has 2 heterocycles. The topological polar surface area (TPSA) is 71.4 Å². The van der Waals surface area contributed by atoms with Crippen LogP contribution in [0.15, 0.2) is 30.3 Å². The van der Waals surface area contributed by atoms with E-state index in [1.807, 2.05) is 34.6 Å². The largest absolute Gasteiger partial charge is 0.346 e. The van der Waals surface area contributed by atoms with Crippen molar-refractivity contribution in [1.82, 2.24) is 14.8 Å². The van der Waals surface area contributed by atoms with Gasteiger partial charge in [-0.1, -0.05) is 31.9 Å². The number of unbranched alkanes of at least 4 members (excludes halogenated alkanes) is 1. The maximum absolute atomic E-state index is 13.5. The van der Waals surface area contributed by atoms with Gasteiger partial charge < -0.3 is 9.88 Å². The number of aromatic nitrogens is 1. The van der Waals surface area contributed by atoms with Crippen molar-refractivity contribution in [2.75, 3.05) is 6.54 Å². The number of aryl methyl sites for hydroxylation is 1. The van der Waals surface area contributed by atoms with Crippen LogP contribution < -0.4 is 5.32 Å². The van der Waals surface area contributed by atoms with Crippen molar-refractivity contribution in [3.8, 4) is 0 Å². The molecule has 1 aliphatic heterocycles. The van der Waals surface area contributed by atoms with Crippen molar-refractivity contribution in [1.29, 1.82) is 0 Å². The van der Waals surface area contributed by atoms with E-state index in [-0.39, 0.29) is 18.4 Å². The Labute approximate surface area is 182 Å². The molecule has 0 spiro atoms. The number of rotatable bonds is 8. The highest BCUT2D eigenvalue weighted by Crippen LogP contribution is 2.34. The Morgan fingerprint density at radius 1 is 1.16 bits per heavy atom. The van der Waals surface area contributed by atoms with Crippen LogP contribution in [0.25, 0.3) is 0 Å². The lowest BCUT2D eigenvalue weighted by Crippen LogP contribution is -2.44. The molecule has 0 saturated carbocycles. The van der Waals surface area contributed by atoms with Gasteiger partial charge in [0.05, 0.1) is 6.54 Å². The fraction of sp³-hybridized carbons (Fsp3) is 0.458. The van der Waals surface area contributed by atoms with Crippen LogP contribution in [0, 0.1) is 19.7 Å². The average Bonchev–Trinajstić information content (AvgIpc) is 3.15. The molecule has 3 amide bonds. The lowest BCUT2D eigenvalue weighted by Gasteiger charge is -2.27. The molecule has 0 unspecified atom stereocenters. The van der Waals surface area contributed by atoms with Crippen LogP contribution in [-0.4, -0.2) is 33.7 Å². The van der Waals surface area contributed by atoms with Gasteiger partial charge in [0.1, 0.15) is 11.4 Å². The molecular formula is C24H30FN3O3. The summed E-state index contributed by atoms with van der Waals surface area (Å²) in [4.78, 5) is 40.3. The summed E-state index contributed by atoms with van der Waals surface area (Å²) in [5.74, 6) is -1.17. The SMILES string of the molecule is CCCC[C@]1(c2ccc(F)cc2)NC(=O)N(CC(=O)c2cc(C)n(C(C)C)c2C)C1=O. The van der Waals surface area contributed by atoms with Gasteiger partial charge in [-0.2, -0.15) is 0 Å². The Kier molecular flexibility index (Phi) is 6.34. The minimum absolute atomic E-state index is 0.193. The number of halogens is 1. The highest BCUT2D eigenvalue weighted by molar-refractivity contribution is 6.11. The molecule has 0 aliphatic carbocycles. The number of urea groups is 1. The van der Waals surface area contributed by atoms with E-state index in [0.717, 1.165) is 22.7 Å². The second-order valence-electron chi connectivity index (χ2n) is 8.51. The predicted molar refractivity (Wildman–Crippen MR) is 116 cm³/mol. The number of hydrogen-bond acceptors (Lipinski definition) is 3. The maximum atomic E-state index is 13.5. The van der Waals surface area contributed by atoms with Crippen molar-refractivity contribution in [2.45, 2.75) is 65.5 Å². The van der Waals surface area contributed by atoms with Crippen LogP contribution in [0.4, 0.5) is 9.18 Å². The molecular weight excluding hydrogens is 397 g/mol. The Morgan fingerprint density at radius 3 is 2.35 bits per heavy atom. The van der Waals surface area contributed by atoms with Gasteiger partial charge in [0, 0.05) is 23.0 Å². The van der Waals surface area contributed by atoms with Crippen molar-refractivity contribution in [2.24, 2.45) is 0 Å². The number of nitrogens with zero attached hydrogens (tertiary/aromatic N) is 2. The molecule has 3 rings (SSSR count). The normalized spacial score (nSPS) is 18.7. The summed E-state index contributed by atoms with van der Waals surface area (Å²) in [5.41, 5.74) is 1.53. The lowest BCUT2D eigenvalue weighted by molar-refractivity contribution is -0.131. The summed E-state index contributed by atoms with van der Waals surface area (Å²) in [6.45, 7) is 9.54. The third-order valence-electron chi connectivity index (χ3n) is 6.02. The number of hydrogen-bond donors (Lipinski definition) is 1. The van der Waals surface area contributed by atoms with Crippen molar-refractivity contribution in [3.63, 3.8) is 0 Å². The zero-order valence-electron chi connectivity index (χ0n) is 18.8. The fourth-order valence-electron chi connectivity index (χ4n) is 4.54. The molecule has 1 aliphatic rings. The zero-order chi connectivity index (χ0) is 22.9. The summed E-state index contributed by atoms with van der Waals surface area (Å²) in [7, 11) is 0. The van der Waals surface area contributed by atoms with Gasteiger partial charge >= 0.3 is 6.03 Å². The Hall–Kier alpha value is -2.96. The minimum Gasteiger partial charge on any atom is -0.346 e. The van der Waals surface area contributed by atoms with Crippen molar-refractivity contribution < 1.29 is 18.8 Å². The number of nitrogens with one attached hydrogen (secondary N) is 1. The number of imide groups is 1. The third-order valence-corrected chi connectivity index (χ3v) is 6.02. The van der Waals surface area contributed by atoms with E-state index >= 15 is 0 Å². The number of benzene rings is 1. The van der Waals surface area contributed by atoms with Crippen LogP contribution in [-0.2, 0) is 10.3 Å². The summed E-state index contributed by atoms with van der Waals surface area (Å²) < 4.78 is 15.5. The summed E-state index contributed by atoms with van der Waals surface area (Å²) in [6, 6.07) is 6.99. The first kappa shape index (κ1) is 22.7. The maximum Gasteiger partial charge on any atom is 0.325 e. The molecule has 2 aromatic rings. The van der Waals surface area contributed by atoms with E-state index in [4.69, 9.17) is 0 Å². The van der Waals surface area contributed by atoms with E-state index in [9.17, 15) is 18.8 Å². The van der Waals surface area contributed by atoms with E-state index in [1.54, 1.807) is 6.07 Å². The third kappa shape index (κ3) is 4.01. The molecule has 7 heteroatoms. The monoisotopic (exact) mass is 427 g/mol. The van der Waals surface area contributed by atoms with Gasteiger partial charge in [0.25, 0.3) is 5.91 Å². The van der Waals surface area contributed by atoms with Crippen LogP contribution >= 0.6 is 0 Å². The van der Waals surface area contributed by atoms with Crippen LogP contribution in [0.5, 0.6) is 0 Å². The second kappa shape index (κ2) is 8.65. The molecule has 1 aromatic heterocycles. The molecule has 31 heavy (non-hydrogen) atoms. The van der Waals surface area contributed by atoms with E-state index in [2.05, 4.69) is 9.88 Å². The molecule has 1 aromatic carbocycles. The molecule has 0 radical (unpaired) electrons. The number of Topliss-reactive ketones (excluding diaryl/α,β-unsaturated/α-hetero) is 1. The van der Waals surface area contributed by atoms with Crippen LogP contribution in [0.1, 0.15) is 73.4 Å². The summed E-state index contributed by atoms with van der Waals surface area (Å²) in [5, 5.41) is 2.80. The van der Waals surface area contributed by atoms with Gasteiger partial charge in [0.2, 0.25) is 0 Å². The number of carbonyl (C=O) groups is 3. The predicted octanol–water partition coefficient (Wildman–Crippen LogP) is 4.65. The van der Waals surface area contributed by atoms with E-state index in [1.165, 1.54) is 24.3 Å². The van der Waals surface area contributed by atoms with Crippen LogP contribution in [0.2, 0.25) is 0 Å². The highest BCUT2D eigenvalue weighted by atomic mass is 19.1. The highest BCUT2D eigenvalue weighted by Gasteiger charge is 2.52.